The summed E-state index contributed by atoms with van der Waals surface area (Å²) in [4.78, 5) is 0. The van der Waals surface area contributed by atoms with E-state index in [-0.39, 0.29) is 11.6 Å². The van der Waals surface area contributed by atoms with Crippen LogP contribution in [0.15, 0.2) is 18.2 Å². The summed E-state index contributed by atoms with van der Waals surface area (Å²) in [7, 11) is 0. The molecule has 0 heterocycles. The number of rotatable bonds is 5. The van der Waals surface area contributed by atoms with Gasteiger partial charge in [-0.1, -0.05) is 37.6 Å². The smallest absolute Gasteiger partial charge is 0.145 e. The number of halogens is 2. The van der Waals surface area contributed by atoms with Crippen LogP contribution in [0.4, 0.5) is 4.39 Å². The van der Waals surface area contributed by atoms with Gasteiger partial charge in [-0.05, 0) is 24.0 Å². The van der Waals surface area contributed by atoms with Crippen LogP contribution < -0.4 is 5.73 Å². The maximum Gasteiger partial charge on any atom is 0.145 e. The lowest BCUT2D eigenvalue weighted by atomic mass is 9.88. The van der Waals surface area contributed by atoms with Crippen LogP contribution >= 0.6 is 11.6 Å². The minimum atomic E-state index is -0.645. The highest BCUT2D eigenvalue weighted by atomic mass is 35.5. The quantitative estimate of drug-likeness (QED) is 0.854. The fourth-order valence-electron chi connectivity index (χ4n) is 1.95. The second kappa shape index (κ2) is 6.34. The minimum absolute atomic E-state index is 0.0673. The first-order valence-corrected chi connectivity index (χ1v) is 6.17. The molecule has 17 heavy (non-hydrogen) atoms. The average Bonchev–Trinajstić information content (AvgIpc) is 2.24. The minimum Gasteiger partial charge on any atom is -0.392 e. The van der Waals surface area contributed by atoms with E-state index in [0.717, 1.165) is 0 Å². The fourth-order valence-corrected chi connectivity index (χ4v) is 2.13. The molecule has 96 valence electrons. The second-order valence-corrected chi connectivity index (χ2v) is 5.09. The summed E-state index contributed by atoms with van der Waals surface area (Å²) in [6.07, 6.45) is -0.0543. The van der Waals surface area contributed by atoms with Crippen molar-refractivity contribution in [3.63, 3.8) is 0 Å². The van der Waals surface area contributed by atoms with E-state index in [0.29, 0.717) is 17.9 Å². The van der Waals surface area contributed by atoms with Gasteiger partial charge in [0.2, 0.25) is 0 Å². The van der Waals surface area contributed by atoms with Crippen molar-refractivity contribution >= 4 is 11.6 Å². The predicted octanol–water partition coefficient (Wildman–Crippen LogP) is 2.93. The summed E-state index contributed by atoms with van der Waals surface area (Å²) >= 11 is 5.73. The lowest BCUT2D eigenvalue weighted by molar-refractivity contribution is 0.120. The van der Waals surface area contributed by atoms with Gasteiger partial charge >= 0.3 is 0 Å². The first kappa shape index (κ1) is 14.4. The monoisotopic (exact) mass is 259 g/mol. The molecule has 0 spiro atoms. The summed E-state index contributed by atoms with van der Waals surface area (Å²) in [6.45, 7) is 4.21. The van der Waals surface area contributed by atoms with Crippen molar-refractivity contribution in [3.05, 3.63) is 34.6 Å². The van der Waals surface area contributed by atoms with Crippen molar-refractivity contribution in [1.82, 2.24) is 0 Å². The molecule has 1 aromatic rings. The molecule has 4 heteroatoms. The molecular weight excluding hydrogens is 241 g/mol. The Kier molecular flexibility index (Phi) is 5.37. The van der Waals surface area contributed by atoms with E-state index in [2.05, 4.69) is 0 Å². The molecule has 0 aliphatic rings. The molecule has 0 saturated carbocycles. The number of aliphatic hydroxyl groups excluding tert-OH is 1. The van der Waals surface area contributed by atoms with Crippen LogP contribution in [0, 0.1) is 11.7 Å². The van der Waals surface area contributed by atoms with Crippen molar-refractivity contribution in [2.75, 3.05) is 6.54 Å². The molecule has 0 radical (unpaired) electrons. The molecule has 0 aliphatic carbocycles. The molecule has 0 fully saturated rings. The zero-order chi connectivity index (χ0) is 13.0. The Bertz CT molecular complexity index is 370. The van der Waals surface area contributed by atoms with E-state index in [1.165, 1.54) is 6.07 Å². The highest BCUT2D eigenvalue weighted by Gasteiger charge is 2.24. The highest BCUT2D eigenvalue weighted by Crippen LogP contribution is 2.28. The van der Waals surface area contributed by atoms with Crippen molar-refractivity contribution in [3.8, 4) is 0 Å². The zero-order valence-corrected chi connectivity index (χ0v) is 10.9. The number of hydrogen-bond donors (Lipinski definition) is 2. The maximum atomic E-state index is 13.8. The van der Waals surface area contributed by atoms with Crippen LogP contribution in [0.2, 0.25) is 5.02 Å². The van der Waals surface area contributed by atoms with Gasteiger partial charge in [-0.2, -0.15) is 0 Å². The molecule has 2 nitrogen and oxygen atoms in total. The van der Waals surface area contributed by atoms with Gasteiger partial charge < -0.3 is 10.8 Å². The third-order valence-corrected chi connectivity index (χ3v) is 3.10. The van der Waals surface area contributed by atoms with Gasteiger partial charge in [0.05, 0.1) is 11.1 Å². The number of hydrogen-bond acceptors (Lipinski definition) is 2. The zero-order valence-electron chi connectivity index (χ0n) is 10.2. The molecule has 0 bridgehead atoms. The number of nitrogens with two attached hydrogens (primary N) is 1. The molecule has 2 atom stereocenters. The fraction of sp³-hybridized carbons (Fsp3) is 0.538. The normalized spacial score (nSPS) is 15.0. The first-order valence-electron chi connectivity index (χ1n) is 5.79. The summed E-state index contributed by atoms with van der Waals surface area (Å²) in [5.41, 5.74) is 6.03. The Morgan fingerprint density at radius 3 is 2.59 bits per heavy atom. The van der Waals surface area contributed by atoms with Crippen LogP contribution in [0.1, 0.15) is 31.7 Å². The summed E-state index contributed by atoms with van der Waals surface area (Å²) in [6, 6.07) is 4.79. The third-order valence-electron chi connectivity index (χ3n) is 2.81. The Hall–Kier alpha value is -0.640. The Morgan fingerprint density at radius 2 is 2.06 bits per heavy atom. The third kappa shape index (κ3) is 3.66. The maximum absolute atomic E-state index is 13.8. The predicted molar refractivity (Wildman–Crippen MR) is 68.7 cm³/mol. The van der Waals surface area contributed by atoms with Crippen molar-refractivity contribution in [2.24, 2.45) is 11.7 Å². The van der Waals surface area contributed by atoms with Gasteiger partial charge in [0, 0.05) is 12.5 Å². The Labute approximate surface area is 107 Å². The van der Waals surface area contributed by atoms with E-state index in [1.807, 2.05) is 13.8 Å². The lowest BCUT2D eigenvalue weighted by Crippen LogP contribution is -2.28. The van der Waals surface area contributed by atoms with Gasteiger partial charge in [-0.25, -0.2) is 4.39 Å². The van der Waals surface area contributed by atoms with E-state index in [4.69, 9.17) is 17.3 Å². The van der Waals surface area contributed by atoms with E-state index >= 15 is 0 Å². The first-order chi connectivity index (χ1) is 7.97. The van der Waals surface area contributed by atoms with Crippen molar-refractivity contribution in [2.45, 2.75) is 32.3 Å². The van der Waals surface area contributed by atoms with Crippen LogP contribution in [-0.2, 0) is 0 Å². The van der Waals surface area contributed by atoms with E-state index in [1.54, 1.807) is 12.1 Å². The summed E-state index contributed by atoms with van der Waals surface area (Å²) < 4.78 is 13.8. The summed E-state index contributed by atoms with van der Waals surface area (Å²) in [5.74, 6) is -0.551. The molecule has 0 aromatic heterocycles. The topological polar surface area (TPSA) is 46.2 Å². The molecule has 3 N–H and O–H groups in total. The van der Waals surface area contributed by atoms with E-state index < -0.39 is 17.8 Å². The average molecular weight is 260 g/mol. The van der Waals surface area contributed by atoms with Crippen molar-refractivity contribution < 1.29 is 9.50 Å². The second-order valence-electron chi connectivity index (χ2n) is 4.68. The van der Waals surface area contributed by atoms with Gasteiger partial charge in [-0.15, -0.1) is 0 Å². The molecule has 0 saturated heterocycles. The molecule has 1 rings (SSSR count). The summed E-state index contributed by atoms with van der Waals surface area (Å²) in [5, 5.41) is 10.1. The van der Waals surface area contributed by atoms with Crippen LogP contribution in [0.25, 0.3) is 0 Å². The number of aliphatic hydroxyl groups is 1. The lowest BCUT2D eigenvalue weighted by Gasteiger charge is -2.24. The molecular formula is C13H19ClFNO. The molecule has 0 aliphatic heterocycles. The Balaban J connectivity index is 2.97. The largest absolute Gasteiger partial charge is 0.392 e. The highest BCUT2D eigenvalue weighted by molar-refractivity contribution is 6.30. The standard InChI is InChI=1S/C13H19ClFNO/c1-8(2)6-12(17)10(7-16)9-4-3-5-11(14)13(9)15/h3-5,8,10,12,17H,6-7,16H2,1-2H3. The number of benzene rings is 1. The molecule has 1 aromatic carbocycles. The van der Waals surface area contributed by atoms with Crippen LogP contribution in [0.3, 0.4) is 0 Å². The van der Waals surface area contributed by atoms with Crippen LogP contribution in [0.5, 0.6) is 0 Å². The van der Waals surface area contributed by atoms with Crippen LogP contribution in [-0.4, -0.2) is 17.8 Å². The van der Waals surface area contributed by atoms with Crippen molar-refractivity contribution in [1.29, 1.82) is 0 Å². The molecule has 2 unspecified atom stereocenters. The Morgan fingerprint density at radius 1 is 1.41 bits per heavy atom. The van der Waals surface area contributed by atoms with Gasteiger partial charge in [0.15, 0.2) is 0 Å². The SMILES string of the molecule is CC(C)CC(O)C(CN)c1cccc(Cl)c1F. The van der Waals surface area contributed by atoms with Gasteiger partial charge in [0.1, 0.15) is 5.82 Å². The van der Waals surface area contributed by atoms with Gasteiger partial charge in [0.25, 0.3) is 0 Å². The van der Waals surface area contributed by atoms with Gasteiger partial charge in [-0.3, -0.25) is 0 Å². The van der Waals surface area contributed by atoms with E-state index in [9.17, 15) is 9.50 Å². The molecule has 0 amide bonds.